The molecule has 0 aliphatic rings. The van der Waals surface area contributed by atoms with Crippen LogP contribution in [0.2, 0.25) is 0 Å². The number of carboxylic acid groups (broad SMARTS) is 1. The van der Waals surface area contributed by atoms with Crippen LogP contribution in [0.3, 0.4) is 0 Å². The fraction of sp³-hybridized carbons (Fsp3) is 0.167. The van der Waals surface area contributed by atoms with Gasteiger partial charge in [0.1, 0.15) is 17.2 Å². The average molecular weight is 327 g/mol. The molecule has 1 heterocycles. The molecule has 1 aromatic heterocycles. The zero-order valence-corrected chi connectivity index (χ0v) is 11.8. The van der Waals surface area contributed by atoms with Crippen LogP contribution in [0.4, 0.5) is 0 Å². The molecule has 0 bridgehead atoms. The van der Waals surface area contributed by atoms with Gasteiger partial charge in [-0.3, -0.25) is 5.10 Å². The van der Waals surface area contributed by atoms with E-state index >= 15 is 0 Å². The Bertz CT molecular complexity index is 624. The van der Waals surface area contributed by atoms with Crippen LogP contribution < -0.4 is 9.47 Å². The Balaban J connectivity index is 2.55. The first-order valence-corrected chi connectivity index (χ1v) is 6.07. The minimum atomic E-state index is -1.09. The summed E-state index contributed by atoms with van der Waals surface area (Å²) in [4.78, 5) is 11.0. The highest BCUT2D eigenvalue weighted by Crippen LogP contribution is 2.37. The number of hydrogen-bond donors (Lipinski definition) is 2. The molecule has 0 aliphatic heterocycles. The first-order valence-electron chi connectivity index (χ1n) is 5.28. The second-order valence-corrected chi connectivity index (χ2v) is 4.43. The van der Waals surface area contributed by atoms with E-state index < -0.39 is 5.97 Å². The molecule has 100 valence electrons. The Labute approximate surface area is 117 Å². The van der Waals surface area contributed by atoms with E-state index in [9.17, 15) is 4.79 Å². The summed E-state index contributed by atoms with van der Waals surface area (Å²) >= 11 is 3.23. The summed E-state index contributed by atoms with van der Waals surface area (Å²) in [5, 5.41) is 15.4. The lowest BCUT2D eigenvalue weighted by atomic mass is 10.1. The highest BCUT2D eigenvalue weighted by Gasteiger charge is 2.20. The molecule has 7 heteroatoms. The number of nitrogens with zero attached hydrogens (tertiary/aromatic N) is 1. The monoisotopic (exact) mass is 326 g/mol. The normalized spacial score (nSPS) is 10.3. The van der Waals surface area contributed by atoms with Crippen molar-refractivity contribution in [1.82, 2.24) is 10.2 Å². The quantitative estimate of drug-likeness (QED) is 0.901. The number of methoxy groups -OCH3 is 2. The molecule has 1 aromatic carbocycles. The molecule has 0 radical (unpaired) electrons. The predicted octanol–water partition coefficient (Wildman–Crippen LogP) is 2.55. The van der Waals surface area contributed by atoms with Gasteiger partial charge >= 0.3 is 5.97 Å². The van der Waals surface area contributed by atoms with Crippen LogP contribution in [0, 0.1) is 0 Å². The fourth-order valence-corrected chi connectivity index (χ4v) is 2.20. The summed E-state index contributed by atoms with van der Waals surface area (Å²) in [5.41, 5.74) is 1.13. The second kappa shape index (κ2) is 5.31. The van der Waals surface area contributed by atoms with Crippen molar-refractivity contribution in [2.45, 2.75) is 0 Å². The number of carbonyl (C=O) groups is 1. The molecule has 2 rings (SSSR count). The largest absolute Gasteiger partial charge is 0.497 e. The number of aromatic nitrogens is 2. The maximum absolute atomic E-state index is 11.0. The number of benzene rings is 1. The Hall–Kier alpha value is -2.02. The summed E-state index contributed by atoms with van der Waals surface area (Å²) in [6, 6.07) is 5.21. The molecule has 0 aliphatic carbocycles. The fourth-order valence-electron chi connectivity index (χ4n) is 1.64. The molecule has 0 saturated carbocycles. The van der Waals surface area contributed by atoms with Crippen LogP contribution in [0.1, 0.15) is 10.5 Å². The van der Waals surface area contributed by atoms with Crippen LogP contribution in [0.15, 0.2) is 22.7 Å². The van der Waals surface area contributed by atoms with Crippen LogP contribution >= 0.6 is 15.9 Å². The number of halogens is 1. The summed E-state index contributed by atoms with van der Waals surface area (Å²) < 4.78 is 10.8. The number of hydrogen-bond acceptors (Lipinski definition) is 4. The molecule has 0 atom stereocenters. The zero-order valence-electron chi connectivity index (χ0n) is 10.2. The number of nitrogens with one attached hydrogen (secondary N) is 1. The lowest BCUT2D eigenvalue weighted by Crippen LogP contribution is -1.97. The van der Waals surface area contributed by atoms with Crippen LogP contribution in [0.25, 0.3) is 11.3 Å². The van der Waals surface area contributed by atoms with Gasteiger partial charge in [-0.25, -0.2) is 4.79 Å². The van der Waals surface area contributed by atoms with Crippen molar-refractivity contribution in [3.05, 3.63) is 28.4 Å². The van der Waals surface area contributed by atoms with Gasteiger partial charge in [0.15, 0.2) is 5.69 Å². The van der Waals surface area contributed by atoms with Crippen molar-refractivity contribution in [2.24, 2.45) is 0 Å². The van der Waals surface area contributed by atoms with Gasteiger partial charge in [0.25, 0.3) is 0 Å². The lowest BCUT2D eigenvalue weighted by Gasteiger charge is -2.08. The second-order valence-electron chi connectivity index (χ2n) is 3.63. The molecule has 2 N–H and O–H groups in total. The summed E-state index contributed by atoms with van der Waals surface area (Å²) in [6.07, 6.45) is 0. The zero-order chi connectivity index (χ0) is 14.0. The van der Waals surface area contributed by atoms with Crippen molar-refractivity contribution < 1.29 is 19.4 Å². The molecule has 0 fully saturated rings. The number of ether oxygens (including phenoxy) is 2. The van der Waals surface area contributed by atoms with Crippen molar-refractivity contribution in [3.8, 4) is 22.8 Å². The number of rotatable bonds is 4. The van der Waals surface area contributed by atoms with E-state index in [1.807, 2.05) is 0 Å². The first kappa shape index (κ1) is 13.4. The SMILES string of the molecule is COc1ccc(-c2n[nH]c(C(=O)O)c2Br)c(OC)c1. The minimum absolute atomic E-state index is 0.00660. The topological polar surface area (TPSA) is 84.4 Å². The third kappa shape index (κ3) is 2.41. The number of H-pyrrole nitrogens is 1. The first-order chi connectivity index (χ1) is 9.08. The van der Waals surface area contributed by atoms with Gasteiger partial charge in [-0.2, -0.15) is 5.10 Å². The van der Waals surface area contributed by atoms with Gasteiger partial charge in [0.05, 0.1) is 18.7 Å². The van der Waals surface area contributed by atoms with E-state index in [1.165, 1.54) is 7.11 Å². The van der Waals surface area contributed by atoms with Gasteiger partial charge in [0.2, 0.25) is 0 Å². The standard InChI is InChI=1S/C12H11BrN2O4/c1-18-6-3-4-7(8(5-6)19-2)10-9(13)11(12(16)17)15-14-10/h3-5H,1-2H3,(H,14,15)(H,16,17). The van der Waals surface area contributed by atoms with Gasteiger partial charge in [-0.15, -0.1) is 0 Å². The molecule has 19 heavy (non-hydrogen) atoms. The smallest absolute Gasteiger partial charge is 0.355 e. The van der Waals surface area contributed by atoms with Crippen molar-refractivity contribution in [3.63, 3.8) is 0 Å². The van der Waals surface area contributed by atoms with E-state index in [1.54, 1.807) is 25.3 Å². The van der Waals surface area contributed by atoms with E-state index in [-0.39, 0.29) is 5.69 Å². The van der Waals surface area contributed by atoms with Crippen LogP contribution in [-0.2, 0) is 0 Å². The molecule has 0 amide bonds. The molecule has 0 unspecified atom stereocenters. The third-order valence-corrected chi connectivity index (χ3v) is 3.36. The maximum atomic E-state index is 11.0. The van der Waals surface area contributed by atoms with Crippen molar-refractivity contribution >= 4 is 21.9 Å². The lowest BCUT2D eigenvalue weighted by molar-refractivity contribution is 0.0689. The Morgan fingerprint density at radius 2 is 2.11 bits per heavy atom. The van der Waals surface area contributed by atoms with Gasteiger partial charge < -0.3 is 14.6 Å². The third-order valence-electron chi connectivity index (χ3n) is 2.58. The van der Waals surface area contributed by atoms with Crippen LogP contribution in [-0.4, -0.2) is 35.5 Å². The van der Waals surface area contributed by atoms with Gasteiger partial charge in [0, 0.05) is 11.6 Å². The molecular formula is C12H11BrN2O4. The summed E-state index contributed by atoms with van der Waals surface area (Å²) in [6.45, 7) is 0. The highest BCUT2D eigenvalue weighted by molar-refractivity contribution is 9.10. The molecule has 0 spiro atoms. The van der Waals surface area contributed by atoms with E-state index in [4.69, 9.17) is 14.6 Å². The number of aromatic amines is 1. The highest BCUT2D eigenvalue weighted by atomic mass is 79.9. The molecule has 6 nitrogen and oxygen atoms in total. The Morgan fingerprint density at radius 1 is 1.37 bits per heavy atom. The van der Waals surface area contributed by atoms with Gasteiger partial charge in [-0.1, -0.05) is 0 Å². The maximum Gasteiger partial charge on any atom is 0.355 e. The molecule has 0 saturated heterocycles. The van der Waals surface area contributed by atoms with Crippen molar-refractivity contribution in [1.29, 1.82) is 0 Å². The predicted molar refractivity (Wildman–Crippen MR) is 71.8 cm³/mol. The summed E-state index contributed by atoms with van der Waals surface area (Å²) in [7, 11) is 3.08. The Kier molecular flexibility index (Phi) is 3.75. The van der Waals surface area contributed by atoms with E-state index in [0.717, 1.165) is 0 Å². The van der Waals surface area contributed by atoms with E-state index in [2.05, 4.69) is 26.1 Å². The minimum Gasteiger partial charge on any atom is -0.497 e. The average Bonchev–Trinajstić information content (AvgIpc) is 2.79. The number of carboxylic acids is 1. The van der Waals surface area contributed by atoms with E-state index in [0.29, 0.717) is 27.2 Å². The summed E-state index contributed by atoms with van der Waals surface area (Å²) in [5.74, 6) is 0.104. The Morgan fingerprint density at radius 3 is 2.63 bits per heavy atom. The van der Waals surface area contributed by atoms with Gasteiger partial charge in [-0.05, 0) is 28.1 Å². The van der Waals surface area contributed by atoms with Crippen molar-refractivity contribution in [2.75, 3.05) is 14.2 Å². The van der Waals surface area contributed by atoms with Crippen LogP contribution in [0.5, 0.6) is 11.5 Å². The molecular weight excluding hydrogens is 316 g/mol. The number of aromatic carboxylic acids is 1. The molecule has 2 aromatic rings.